The monoisotopic (exact) mass is 283 g/mol. The number of nitrogens with zero attached hydrogens (tertiary/aromatic N) is 2. The van der Waals surface area contributed by atoms with E-state index in [9.17, 15) is 10.1 Å². The van der Waals surface area contributed by atoms with Crippen molar-refractivity contribution in [2.45, 2.75) is 44.4 Å². The normalized spacial score (nSPS) is 12.5. The molecule has 19 heavy (non-hydrogen) atoms. The Balaban J connectivity index is 2.98. The molecule has 0 saturated carbocycles. The first-order valence-corrected chi connectivity index (χ1v) is 7.39. The number of rotatable bonds is 7. The Morgan fingerprint density at radius 3 is 2.63 bits per heavy atom. The first kappa shape index (κ1) is 15.8. The molecular weight excluding hydrogens is 262 g/mol. The van der Waals surface area contributed by atoms with Crippen LogP contribution in [0, 0.1) is 16.0 Å². The summed E-state index contributed by atoms with van der Waals surface area (Å²) in [5.74, 6) is 1.14. The highest BCUT2D eigenvalue weighted by Gasteiger charge is 2.20. The average Bonchev–Trinajstić information content (AvgIpc) is 2.36. The van der Waals surface area contributed by atoms with Gasteiger partial charge in [0.05, 0.1) is 4.92 Å². The summed E-state index contributed by atoms with van der Waals surface area (Å²) in [7, 11) is 0. The van der Waals surface area contributed by atoms with Gasteiger partial charge in [-0.25, -0.2) is 4.98 Å². The van der Waals surface area contributed by atoms with Crippen LogP contribution in [-0.2, 0) is 0 Å². The molecule has 1 atom stereocenters. The molecule has 0 amide bonds. The summed E-state index contributed by atoms with van der Waals surface area (Å²) in [5.41, 5.74) is 0.0829. The number of pyridine rings is 1. The van der Waals surface area contributed by atoms with E-state index in [0.29, 0.717) is 16.8 Å². The number of hydrogen-bond acceptors (Lipinski definition) is 5. The second kappa shape index (κ2) is 7.33. The van der Waals surface area contributed by atoms with E-state index in [-0.39, 0.29) is 15.9 Å². The van der Waals surface area contributed by atoms with Crippen molar-refractivity contribution in [1.82, 2.24) is 4.98 Å². The predicted molar refractivity (Wildman–Crippen MR) is 79.8 cm³/mol. The maximum Gasteiger partial charge on any atom is 0.301 e. The van der Waals surface area contributed by atoms with Gasteiger partial charge >= 0.3 is 5.69 Å². The van der Waals surface area contributed by atoms with E-state index < -0.39 is 0 Å². The Bertz CT molecular complexity index is 438. The molecule has 1 heterocycles. The van der Waals surface area contributed by atoms with Gasteiger partial charge in [0.25, 0.3) is 0 Å². The highest BCUT2D eigenvalue weighted by atomic mass is 32.2. The molecule has 0 fully saturated rings. The first-order chi connectivity index (χ1) is 8.95. The fourth-order valence-corrected chi connectivity index (χ4v) is 2.36. The number of hydrogen-bond donors (Lipinski definition) is 1. The molecule has 0 aliphatic heterocycles. The molecule has 0 bridgehead atoms. The van der Waals surface area contributed by atoms with Gasteiger partial charge in [-0.15, -0.1) is 0 Å². The summed E-state index contributed by atoms with van der Waals surface area (Å²) in [6.07, 6.45) is 0.990. The van der Waals surface area contributed by atoms with Crippen molar-refractivity contribution in [2.24, 2.45) is 5.92 Å². The SMILES string of the molecule is CCCNc1ccc([N+](=O)[O-])c(SC(C)C(C)C)n1. The van der Waals surface area contributed by atoms with Crippen molar-refractivity contribution in [3.63, 3.8) is 0 Å². The van der Waals surface area contributed by atoms with Crippen LogP contribution in [0.5, 0.6) is 0 Å². The third-order valence-electron chi connectivity index (χ3n) is 2.83. The quantitative estimate of drug-likeness (QED) is 0.466. The Labute approximate surface area is 118 Å². The molecule has 1 aromatic heterocycles. The van der Waals surface area contributed by atoms with Gasteiger partial charge in [0.15, 0.2) is 5.03 Å². The lowest BCUT2D eigenvalue weighted by Gasteiger charge is -2.15. The Hall–Kier alpha value is -1.30. The highest BCUT2D eigenvalue weighted by Crippen LogP contribution is 2.33. The summed E-state index contributed by atoms with van der Waals surface area (Å²) >= 11 is 1.46. The standard InChI is InChI=1S/C13H21N3O2S/c1-5-8-14-12-7-6-11(16(17)18)13(15-12)19-10(4)9(2)3/h6-7,9-10H,5,8H2,1-4H3,(H,14,15). The molecule has 1 rings (SSSR count). The van der Waals surface area contributed by atoms with E-state index in [4.69, 9.17) is 0 Å². The van der Waals surface area contributed by atoms with Crippen molar-refractivity contribution >= 4 is 23.3 Å². The van der Waals surface area contributed by atoms with Gasteiger partial charge in [-0.1, -0.05) is 39.5 Å². The summed E-state index contributed by atoms with van der Waals surface area (Å²) in [5, 5.41) is 15.0. The zero-order valence-corrected chi connectivity index (χ0v) is 12.7. The average molecular weight is 283 g/mol. The number of aromatic nitrogens is 1. The molecular formula is C13H21N3O2S. The zero-order valence-electron chi connectivity index (χ0n) is 11.8. The fourth-order valence-electron chi connectivity index (χ4n) is 1.32. The summed E-state index contributed by atoms with van der Waals surface area (Å²) in [4.78, 5) is 15.0. The van der Waals surface area contributed by atoms with E-state index in [2.05, 4.69) is 38.0 Å². The molecule has 0 aromatic carbocycles. The second-order valence-corrected chi connectivity index (χ2v) is 6.14. The lowest BCUT2D eigenvalue weighted by molar-refractivity contribution is -0.388. The highest BCUT2D eigenvalue weighted by molar-refractivity contribution is 8.00. The molecule has 1 N–H and O–H groups in total. The van der Waals surface area contributed by atoms with Crippen LogP contribution in [0.25, 0.3) is 0 Å². The molecule has 1 unspecified atom stereocenters. The largest absolute Gasteiger partial charge is 0.370 e. The zero-order chi connectivity index (χ0) is 14.4. The topological polar surface area (TPSA) is 68.1 Å². The number of nitro groups is 1. The minimum absolute atomic E-state index is 0.0829. The van der Waals surface area contributed by atoms with Gasteiger partial charge in [0, 0.05) is 17.9 Å². The van der Waals surface area contributed by atoms with E-state index in [1.807, 2.05) is 0 Å². The summed E-state index contributed by atoms with van der Waals surface area (Å²) in [6.45, 7) is 9.14. The minimum atomic E-state index is -0.369. The molecule has 6 heteroatoms. The number of anilines is 1. The summed E-state index contributed by atoms with van der Waals surface area (Å²) in [6, 6.07) is 3.19. The van der Waals surface area contributed by atoms with Gasteiger partial charge in [0.2, 0.25) is 0 Å². The first-order valence-electron chi connectivity index (χ1n) is 6.51. The van der Waals surface area contributed by atoms with Crippen LogP contribution >= 0.6 is 11.8 Å². The second-order valence-electron chi connectivity index (χ2n) is 4.77. The van der Waals surface area contributed by atoms with Crippen molar-refractivity contribution in [3.05, 3.63) is 22.2 Å². The van der Waals surface area contributed by atoms with Gasteiger partial charge in [-0.2, -0.15) is 0 Å². The molecule has 0 aliphatic rings. The number of thioether (sulfide) groups is 1. The van der Waals surface area contributed by atoms with Crippen LogP contribution in [0.3, 0.4) is 0 Å². The fraction of sp³-hybridized carbons (Fsp3) is 0.615. The maximum atomic E-state index is 11.0. The van der Waals surface area contributed by atoms with Crippen LogP contribution in [0.15, 0.2) is 17.2 Å². The third kappa shape index (κ3) is 4.70. The molecule has 1 aromatic rings. The Morgan fingerprint density at radius 1 is 1.42 bits per heavy atom. The van der Waals surface area contributed by atoms with Gasteiger partial charge in [-0.05, 0) is 18.4 Å². The smallest absolute Gasteiger partial charge is 0.301 e. The van der Waals surface area contributed by atoms with Gasteiger partial charge in [0.1, 0.15) is 5.82 Å². The van der Waals surface area contributed by atoms with Gasteiger partial charge in [-0.3, -0.25) is 10.1 Å². The van der Waals surface area contributed by atoms with Gasteiger partial charge < -0.3 is 5.32 Å². The van der Waals surface area contributed by atoms with E-state index in [1.165, 1.54) is 17.8 Å². The van der Waals surface area contributed by atoms with E-state index >= 15 is 0 Å². The third-order valence-corrected chi connectivity index (χ3v) is 4.27. The van der Waals surface area contributed by atoms with Crippen LogP contribution in [0.2, 0.25) is 0 Å². The maximum absolute atomic E-state index is 11.0. The molecule has 0 saturated heterocycles. The molecule has 0 spiro atoms. The Morgan fingerprint density at radius 2 is 2.11 bits per heavy atom. The number of nitrogens with one attached hydrogen (secondary N) is 1. The molecule has 106 valence electrons. The molecule has 0 radical (unpaired) electrons. The van der Waals surface area contributed by atoms with E-state index in [0.717, 1.165) is 13.0 Å². The molecule has 5 nitrogen and oxygen atoms in total. The minimum Gasteiger partial charge on any atom is -0.370 e. The summed E-state index contributed by atoms with van der Waals surface area (Å²) < 4.78 is 0. The van der Waals surface area contributed by atoms with Crippen molar-refractivity contribution in [1.29, 1.82) is 0 Å². The van der Waals surface area contributed by atoms with E-state index in [1.54, 1.807) is 6.07 Å². The van der Waals surface area contributed by atoms with Crippen LogP contribution in [-0.4, -0.2) is 21.7 Å². The van der Waals surface area contributed by atoms with Crippen molar-refractivity contribution in [3.8, 4) is 0 Å². The predicted octanol–water partition coefficient (Wildman–Crippen LogP) is 3.95. The lowest BCUT2D eigenvalue weighted by atomic mass is 10.2. The van der Waals surface area contributed by atoms with Crippen LogP contribution in [0.4, 0.5) is 11.5 Å². The van der Waals surface area contributed by atoms with Crippen LogP contribution < -0.4 is 5.32 Å². The Kier molecular flexibility index (Phi) is 6.08. The van der Waals surface area contributed by atoms with Crippen LogP contribution in [0.1, 0.15) is 34.1 Å². The van der Waals surface area contributed by atoms with Crippen molar-refractivity contribution < 1.29 is 4.92 Å². The van der Waals surface area contributed by atoms with Crippen molar-refractivity contribution in [2.75, 3.05) is 11.9 Å². The lowest BCUT2D eigenvalue weighted by Crippen LogP contribution is -2.08. The molecule has 0 aliphatic carbocycles.